The van der Waals surface area contributed by atoms with Crippen molar-refractivity contribution in [2.75, 3.05) is 13.2 Å². The monoisotopic (exact) mass is 334 g/mol. The highest BCUT2D eigenvalue weighted by Gasteiger charge is 2.16. The SMILES string of the molecule is O=C(N/N=C\c1cc(Cl)c2c(c1)OCCO2)c1ccc(F)cc1. The van der Waals surface area contributed by atoms with Crippen molar-refractivity contribution in [3.05, 3.63) is 58.4 Å². The Kier molecular flexibility index (Phi) is 4.43. The summed E-state index contributed by atoms with van der Waals surface area (Å²) in [7, 11) is 0. The summed E-state index contributed by atoms with van der Waals surface area (Å²) in [5.41, 5.74) is 3.32. The molecule has 0 atom stereocenters. The van der Waals surface area contributed by atoms with Gasteiger partial charge in [0.1, 0.15) is 19.0 Å². The third kappa shape index (κ3) is 3.60. The van der Waals surface area contributed by atoms with Crippen molar-refractivity contribution in [1.82, 2.24) is 5.43 Å². The van der Waals surface area contributed by atoms with Gasteiger partial charge in [-0.1, -0.05) is 11.6 Å². The van der Waals surface area contributed by atoms with Gasteiger partial charge in [-0.25, -0.2) is 9.82 Å². The number of nitrogens with zero attached hydrogens (tertiary/aromatic N) is 1. The summed E-state index contributed by atoms with van der Waals surface area (Å²) in [5, 5.41) is 4.27. The van der Waals surface area contributed by atoms with Gasteiger partial charge in [-0.05, 0) is 42.0 Å². The maximum absolute atomic E-state index is 12.8. The van der Waals surface area contributed by atoms with Crippen LogP contribution in [0, 0.1) is 5.82 Å². The summed E-state index contributed by atoms with van der Waals surface area (Å²) in [5.74, 6) is 0.196. The highest BCUT2D eigenvalue weighted by atomic mass is 35.5. The van der Waals surface area contributed by atoms with Crippen molar-refractivity contribution in [2.24, 2.45) is 5.10 Å². The van der Waals surface area contributed by atoms with Crippen molar-refractivity contribution >= 4 is 23.7 Å². The molecule has 1 heterocycles. The fourth-order valence-corrected chi connectivity index (χ4v) is 2.31. The van der Waals surface area contributed by atoms with Crippen LogP contribution in [0.15, 0.2) is 41.5 Å². The van der Waals surface area contributed by atoms with Crippen LogP contribution in [0.2, 0.25) is 5.02 Å². The third-order valence-electron chi connectivity index (χ3n) is 3.11. The third-order valence-corrected chi connectivity index (χ3v) is 3.39. The molecule has 5 nitrogen and oxygen atoms in total. The molecule has 0 spiro atoms. The lowest BCUT2D eigenvalue weighted by Gasteiger charge is -2.19. The second kappa shape index (κ2) is 6.66. The van der Waals surface area contributed by atoms with E-state index in [0.29, 0.717) is 40.9 Å². The van der Waals surface area contributed by atoms with Crippen molar-refractivity contribution in [2.45, 2.75) is 0 Å². The van der Waals surface area contributed by atoms with Crippen molar-refractivity contribution < 1.29 is 18.7 Å². The first-order valence-corrected chi connectivity index (χ1v) is 7.19. The van der Waals surface area contributed by atoms with Crippen LogP contribution in [0.1, 0.15) is 15.9 Å². The van der Waals surface area contributed by atoms with E-state index in [2.05, 4.69) is 10.5 Å². The Morgan fingerprint density at radius 1 is 1.22 bits per heavy atom. The average Bonchev–Trinajstić information content (AvgIpc) is 2.55. The number of ether oxygens (including phenoxy) is 2. The van der Waals surface area contributed by atoms with Gasteiger partial charge in [-0.15, -0.1) is 0 Å². The van der Waals surface area contributed by atoms with Gasteiger partial charge in [0.05, 0.1) is 11.2 Å². The fraction of sp³-hybridized carbons (Fsp3) is 0.125. The Hall–Kier alpha value is -2.60. The molecule has 0 radical (unpaired) electrons. The van der Waals surface area contributed by atoms with Gasteiger partial charge in [0.25, 0.3) is 5.91 Å². The predicted octanol–water partition coefficient (Wildman–Crippen LogP) is 3.01. The van der Waals surface area contributed by atoms with E-state index in [9.17, 15) is 9.18 Å². The molecule has 0 aliphatic carbocycles. The largest absolute Gasteiger partial charge is 0.486 e. The highest BCUT2D eigenvalue weighted by molar-refractivity contribution is 6.32. The molecular formula is C16H12ClFN2O3. The number of nitrogens with one attached hydrogen (secondary N) is 1. The predicted molar refractivity (Wildman–Crippen MR) is 83.9 cm³/mol. The second-order valence-electron chi connectivity index (χ2n) is 4.73. The number of hydrogen-bond donors (Lipinski definition) is 1. The van der Waals surface area contributed by atoms with Gasteiger partial charge in [0, 0.05) is 5.56 Å². The maximum atomic E-state index is 12.8. The van der Waals surface area contributed by atoms with E-state index in [1.165, 1.54) is 30.5 Å². The molecule has 2 aromatic rings. The van der Waals surface area contributed by atoms with E-state index in [1.54, 1.807) is 12.1 Å². The number of benzene rings is 2. The molecule has 0 fully saturated rings. The summed E-state index contributed by atoms with van der Waals surface area (Å²) in [4.78, 5) is 11.8. The summed E-state index contributed by atoms with van der Waals surface area (Å²) in [6.07, 6.45) is 1.44. The summed E-state index contributed by atoms with van der Waals surface area (Å²) < 4.78 is 23.7. The quantitative estimate of drug-likeness (QED) is 0.693. The Labute approximate surface area is 136 Å². The van der Waals surface area contributed by atoms with Gasteiger partial charge in [-0.3, -0.25) is 4.79 Å². The molecule has 0 unspecified atom stereocenters. The van der Waals surface area contributed by atoms with Crippen molar-refractivity contribution in [3.63, 3.8) is 0 Å². The first kappa shape index (κ1) is 15.3. The molecule has 2 aromatic carbocycles. The number of carbonyl (C=O) groups is 1. The molecule has 1 aliphatic heterocycles. The van der Waals surface area contributed by atoms with Gasteiger partial charge in [0.2, 0.25) is 0 Å². The number of carbonyl (C=O) groups excluding carboxylic acids is 1. The zero-order chi connectivity index (χ0) is 16.2. The van der Waals surface area contributed by atoms with Crippen LogP contribution in [0.4, 0.5) is 4.39 Å². The molecule has 1 amide bonds. The topological polar surface area (TPSA) is 59.9 Å². The van der Waals surface area contributed by atoms with Gasteiger partial charge in [0.15, 0.2) is 11.5 Å². The molecule has 23 heavy (non-hydrogen) atoms. The molecule has 0 bridgehead atoms. The van der Waals surface area contributed by atoms with E-state index >= 15 is 0 Å². The Bertz CT molecular complexity index is 763. The highest BCUT2D eigenvalue weighted by Crippen LogP contribution is 2.37. The number of hydrazone groups is 1. The fourth-order valence-electron chi connectivity index (χ4n) is 2.04. The van der Waals surface area contributed by atoms with Crippen LogP contribution < -0.4 is 14.9 Å². The Balaban J connectivity index is 1.69. The molecule has 118 valence electrons. The smallest absolute Gasteiger partial charge is 0.271 e. The normalized spacial score (nSPS) is 13.1. The molecule has 7 heteroatoms. The van der Waals surface area contributed by atoms with Gasteiger partial charge >= 0.3 is 0 Å². The number of rotatable bonds is 3. The minimum Gasteiger partial charge on any atom is -0.486 e. The summed E-state index contributed by atoms with van der Waals surface area (Å²) in [6, 6.07) is 8.54. The Morgan fingerprint density at radius 2 is 1.96 bits per heavy atom. The van der Waals surface area contributed by atoms with Crippen molar-refractivity contribution in [1.29, 1.82) is 0 Å². The number of halogens is 2. The molecule has 0 aromatic heterocycles. The lowest BCUT2D eigenvalue weighted by Crippen LogP contribution is -2.18. The zero-order valence-corrected chi connectivity index (χ0v) is 12.6. The van der Waals surface area contributed by atoms with E-state index < -0.39 is 11.7 Å². The molecule has 3 rings (SSSR count). The number of fused-ring (bicyclic) bond motifs is 1. The van der Waals surface area contributed by atoms with E-state index in [1.807, 2.05) is 0 Å². The summed E-state index contributed by atoms with van der Waals surface area (Å²) in [6.45, 7) is 0.902. The second-order valence-corrected chi connectivity index (χ2v) is 5.14. The van der Waals surface area contributed by atoms with E-state index in [-0.39, 0.29) is 0 Å². The minimum atomic E-state index is -0.440. The summed E-state index contributed by atoms with van der Waals surface area (Å²) >= 11 is 6.11. The van der Waals surface area contributed by atoms with Crippen LogP contribution in [0.3, 0.4) is 0 Å². The molecule has 0 saturated carbocycles. The minimum absolute atomic E-state index is 0.309. The zero-order valence-electron chi connectivity index (χ0n) is 11.9. The molecule has 0 saturated heterocycles. The van der Waals surface area contributed by atoms with Crippen LogP contribution in [-0.2, 0) is 0 Å². The first-order chi connectivity index (χ1) is 11.1. The molecule has 1 N–H and O–H groups in total. The standard InChI is InChI=1S/C16H12ClFN2O3/c17-13-7-10(8-14-15(13)23-6-5-22-14)9-19-20-16(21)11-1-3-12(18)4-2-11/h1-4,7-9H,5-6H2,(H,20,21)/b19-9-. The van der Waals surface area contributed by atoms with Crippen LogP contribution >= 0.6 is 11.6 Å². The number of hydrogen-bond acceptors (Lipinski definition) is 4. The van der Waals surface area contributed by atoms with Crippen LogP contribution in [0.25, 0.3) is 0 Å². The molecular weight excluding hydrogens is 323 g/mol. The van der Waals surface area contributed by atoms with Crippen LogP contribution in [0.5, 0.6) is 11.5 Å². The lowest BCUT2D eigenvalue weighted by atomic mass is 10.2. The maximum Gasteiger partial charge on any atom is 0.271 e. The van der Waals surface area contributed by atoms with Gasteiger partial charge < -0.3 is 9.47 Å². The Morgan fingerprint density at radius 3 is 2.74 bits per heavy atom. The molecule has 1 aliphatic rings. The lowest BCUT2D eigenvalue weighted by molar-refractivity contribution is 0.0955. The van der Waals surface area contributed by atoms with E-state index in [0.717, 1.165) is 0 Å². The van der Waals surface area contributed by atoms with E-state index in [4.69, 9.17) is 21.1 Å². The van der Waals surface area contributed by atoms with Gasteiger partial charge in [-0.2, -0.15) is 5.10 Å². The van der Waals surface area contributed by atoms with Crippen LogP contribution in [-0.4, -0.2) is 25.3 Å². The number of amides is 1. The first-order valence-electron chi connectivity index (χ1n) is 6.81. The average molecular weight is 335 g/mol. The van der Waals surface area contributed by atoms with Crippen molar-refractivity contribution in [3.8, 4) is 11.5 Å².